The maximum Gasteiger partial charge on any atom is 0.222 e. The number of rotatable bonds is 13. The molecular weight excluding hydrogens is 458 g/mol. The summed E-state index contributed by atoms with van der Waals surface area (Å²) in [5.41, 5.74) is 2.45. The molecule has 0 amide bonds. The van der Waals surface area contributed by atoms with Crippen LogP contribution in [0.5, 0.6) is 17.4 Å². The van der Waals surface area contributed by atoms with E-state index >= 15 is 0 Å². The number of hydrogen-bond acceptors (Lipinski definition) is 7. The van der Waals surface area contributed by atoms with Crippen LogP contribution in [-0.4, -0.2) is 72.0 Å². The fourth-order valence-corrected chi connectivity index (χ4v) is 3.78. The Kier molecular flexibility index (Phi) is 9.89. The maximum absolute atomic E-state index is 10.7. The average Bonchev–Trinajstić information content (AvgIpc) is 3.16. The molecule has 1 heterocycles. The van der Waals surface area contributed by atoms with Crippen LogP contribution in [0.4, 0.5) is 0 Å². The van der Waals surface area contributed by atoms with E-state index in [0.717, 1.165) is 22.6 Å². The quantitative estimate of drug-likeness (QED) is 0.372. The van der Waals surface area contributed by atoms with Crippen molar-refractivity contribution in [3.63, 3.8) is 0 Å². The van der Waals surface area contributed by atoms with Crippen molar-refractivity contribution in [2.75, 3.05) is 40.5 Å². The molecule has 0 unspecified atom stereocenters. The Morgan fingerprint density at radius 2 is 1.67 bits per heavy atom. The Bertz CT molecular complexity index is 1060. The van der Waals surface area contributed by atoms with Crippen molar-refractivity contribution in [1.29, 1.82) is 0 Å². The highest BCUT2D eigenvalue weighted by Crippen LogP contribution is 2.34. The Morgan fingerprint density at radius 1 is 1.00 bits per heavy atom. The molecule has 3 rings (SSSR count). The Morgan fingerprint density at radius 3 is 2.28 bits per heavy atom. The molecule has 8 nitrogen and oxygen atoms in total. The van der Waals surface area contributed by atoms with Crippen molar-refractivity contribution in [2.45, 2.75) is 39.0 Å². The second kappa shape index (κ2) is 12.9. The van der Waals surface area contributed by atoms with Gasteiger partial charge in [0.2, 0.25) is 5.88 Å². The molecule has 0 saturated heterocycles. The van der Waals surface area contributed by atoms with Gasteiger partial charge in [0.1, 0.15) is 17.2 Å². The fraction of sp³-hybridized carbons (Fsp3) is 0.464. The molecule has 0 spiro atoms. The lowest BCUT2D eigenvalue weighted by Gasteiger charge is -2.27. The third-order valence-electron chi connectivity index (χ3n) is 5.58. The van der Waals surface area contributed by atoms with Gasteiger partial charge in [-0.3, -0.25) is 4.90 Å². The standard InChI is InChI=1S/C28H39N3O5/c1-28(2,3)35-20-22(32)18-31(16-17-33-5)19-25-26(21-10-8-7-9-11-21)29-30(4)27(25)36-24-14-12-23(34-6)13-15-24/h7-15,22,32H,16-20H2,1-6H3/t22-/m0/s1. The summed E-state index contributed by atoms with van der Waals surface area (Å²) in [5, 5.41) is 15.5. The van der Waals surface area contributed by atoms with Crippen molar-refractivity contribution in [3.8, 4) is 28.6 Å². The van der Waals surface area contributed by atoms with E-state index in [0.29, 0.717) is 37.9 Å². The zero-order chi connectivity index (χ0) is 26.1. The first-order valence-corrected chi connectivity index (χ1v) is 12.2. The van der Waals surface area contributed by atoms with Gasteiger partial charge in [-0.1, -0.05) is 30.3 Å². The van der Waals surface area contributed by atoms with E-state index in [1.807, 2.05) is 82.4 Å². The maximum atomic E-state index is 10.7. The first-order valence-electron chi connectivity index (χ1n) is 12.2. The monoisotopic (exact) mass is 497 g/mol. The first kappa shape index (κ1) is 27.7. The number of ether oxygens (including phenoxy) is 4. The zero-order valence-corrected chi connectivity index (χ0v) is 22.2. The molecule has 8 heteroatoms. The van der Waals surface area contributed by atoms with Gasteiger partial charge in [-0.2, -0.15) is 5.10 Å². The van der Waals surface area contributed by atoms with Crippen LogP contribution < -0.4 is 9.47 Å². The van der Waals surface area contributed by atoms with Crippen molar-refractivity contribution >= 4 is 0 Å². The number of nitrogens with zero attached hydrogens (tertiary/aromatic N) is 3. The molecule has 3 aromatic rings. The molecular formula is C28H39N3O5. The summed E-state index contributed by atoms with van der Waals surface area (Å²) in [4.78, 5) is 2.14. The molecule has 0 saturated carbocycles. The van der Waals surface area contributed by atoms with Crippen LogP contribution in [0.1, 0.15) is 26.3 Å². The number of methoxy groups -OCH3 is 2. The van der Waals surface area contributed by atoms with Crippen LogP contribution in [-0.2, 0) is 23.1 Å². The van der Waals surface area contributed by atoms with E-state index in [4.69, 9.17) is 24.0 Å². The number of aryl methyl sites for hydroxylation is 1. The lowest BCUT2D eigenvalue weighted by molar-refractivity contribution is -0.0576. The van der Waals surface area contributed by atoms with Gasteiger partial charge in [-0.05, 0) is 45.0 Å². The van der Waals surface area contributed by atoms with E-state index < -0.39 is 6.10 Å². The van der Waals surface area contributed by atoms with Crippen LogP contribution in [0.2, 0.25) is 0 Å². The highest BCUT2D eigenvalue weighted by atomic mass is 16.5. The lowest BCUT2D eigenvalue weighted by Crippen LogP contribution is -2.38. The second-order valence-corrected chi connectivity index (χ2v) is 9.70. The number of aliphatic hydroxyl groups is 1. The van der Waals surface area contributed by atoms with Crippen molar-refractivity contribution in [1.82, 2.24) is 14.7 Å². The molecule has 36 heavy (non-hydrogen) atoms. The van der Waals surface area contributed by atoms with E-state index in [1.54, 1.807) is 18.9 Å². The van der Waals surface area contributed by atoms with Crippen LogP contribution in [0, 0.1) is 0 Å². The Labute approximate surface area is 214 Å². The van der Waals surface area contributed by atoms with E-state index in [9.17, 15) is 5.11 Å². The van der Waals surface area contributed by atoms with Gasteiger partial charge in [0, 0.05) is 39.4 Å². The Balaban J connectivity index is 1.92. The minimum absolute atomic E-state index is 0.251. The normalized spacial score (nSPS) is 12.7. The SMILES string of the molecule is COCCN(Cc1c(-c2ccccc2)nn(C)c1Oc1ccc(OC)cc1)C[C@H](O)COC(C)(C)C. The third kappa shape index (κ3) is 8.06. The highest BCUT2D eigenvalue weighted by Gasteiger charge is 2.24. The summed E-state index contributed by atoms with van der Waals surface area (Å²) in [6, 6.07) is 17.5. The predicted molar refractivity (Wildman–Crippen MR) is 141 cm³/mol. The summed E-state index contributed by atoms with van der Waals surface area (Å²) < 4.78 is 24.5. The molecule has 0 radical (unpaired) electrons. The van der Waals surface area contributed by atoms with Gasteiger partial charge in [0.15, 0.2) is 0 Å². The zero-order valence-electron chi connectivity index (χ0n) is 22.2. The van der Waals surface area contributed by atoms with Crippen LogP contribution in [0.15, 0.2) is 54.6 Å². The van der Waals surface area contributed by atoms with E-state index in [1.165, 1.54) is 0 Å². The van der Waals surface area contributed by atoms with Gasteiger partial charge >= 0.3 is 0 Å². The van der Waals surface area contributed by atoms with Crippen LogP contribution in [0.25, 0.3) is 11.3 Å². The van der Waals surface area contributed by atoms with Gasteiger partial charge in [0.05, 0.1) is 37.6 Å². The minimum atomic E-state index is -0.649. The van der Waals surface area contributed by atoms with Crippen LogP contribution >= 0.6 is 0 Å². The topological polar surface area (TPSA) is 78.2 Å². The number of hydrogen-bond donors (Lipinski definition) is 1. The van der Waals surface area contributed by atoms with Gasteiger partial charge in [-0.25, -0.2) is 4.68 Å². The molecule has 0 bridgehead atoms. The molecule has 0 aliphatic heterocycles. The number of aliphatic hydroxyl groups excluding tert-OH is 1. The third-order valence-corrected chi connectivity index (χ3v) is 5.58. The molecule has 0 aliphatic rings. The summed E-state index contributed by atoms with van der Waals surface area (Å²) in [6.07, 6.45) is -0.649. The second-order valence-electron chi connectivity index (χ2n) is 9.70. The molecule has 1 N–H and O–H groups in total. The largest absolute Gasteiger partial charge is 0.497 e. The lowest BCUT2D eigenvalue weighted by atomic mass is 10.1. The highest BCUT2D eigenvalue weighted by molar-refractivity contribution is 5.65. The van der Waals surface area contributed by atoms with Gasteiger partial charge < -0.3 is 24.1 Å². The first-order chi connectivity index (χ1) is 17.2. The summed E-state index contributed by atoms with van der Waals surface area (Å²) in [7, 11) is 5.19. The molecule has 1 aromatic heterocycles. The van der Waals surface area contributed by atoms with Crippen molar-refractivity contribution in [3.05, 3.63) is 60.2 Å². The summed E-state index contributed by atoms with van der Waals surface area (Å²) in [6.45, 7) is 8.29. The van der Waals surface area contributed by atoms with E-state index in [-0.39, 0.29) is 12.2 Å². The minimum Gasteiger partial charge on any atom is -0.497 e. The van der Waals surface area contributed by atoms with Gasteiger partial charge in [0.25, 0.3) is 0 Å². The van der Waals surface area contributed by atoms with Crippen molar-refractivity contribution < 1.29 is 24.1 Å². The molecule has 0 aliphatic carbocycles. The predicted octanol–water partition coefficient (Wildman–Crippen LogP) is 4.51. The molecule has 196 valence electrons. The molecule has 2 aromatic carbocycles. The summed E-state index contributed by atoms with van der Waals surface area (Å²) >= 11 is 0. The van der Waals surface area contributed by atoms with Crippen LogP contribution in [0.3, 0.4) is 0 Å². The smallest absolute Gasteiger partial charge is 0.222 e. The number of aromatic nitrogens is 2. The average molecular weight is 498 g/mol. The fourth-order valence-electron chi connectivity index (χ4n) is 3.78. The van der Waals surface area contributed by atoms with E-state index in [2.05, 4.69) is 4.90 Å². The van der Waals surface area contributed by atoms with Gasteiger partial charge in [-0.15, -0.1) is 0 Å². The van der Waals surface area contributed by atoms with Crippen molar-refractivity contribution in [2.24, 2.45) is 7.05 Å². The molecule has 1 atom stereocenters. The Hall–Kier alpha value is -2.91. The molecule has 0 fully saturated rings. The summed E-state index contributed by atoms with van der Waals surface area (Å²) in [5.74, 6) is 2.08. The number of benzene rings is 2.